The van der Waals surface area contributed by atoms with Gasteiger partial charge in [0.25, 0.3) is 5.56 Å². The lowest BCUT2D eigenvalue weighted by atomic mass is 10.2. The van der Waals surface area contributed by atoms with Gasteiger partial charge in [-0.15, -0.1) is 11.8 Å². The van der Waals surface area contributed by atoms with Gasteiger partial charge in [0.1, 0.15) is 5.82 Å². The SMILES string of the molecule is Cc1cc(Cl)ccc1-n1c(CSc2c(Cl)cccc2Cl)nc2ccccc2c1=O. The van der Waals surface area contributed by atoms with Gasteiger partial charge in [0.15, 0.2) is 0 Å². The van der Waals surface area contributed by atoms with Crippen LogP contribution < -0.4 is 5.56 Å². The van der Waals surface area contributed by atoms with Crippen molar-refractivity contribution in [2.45, 2.75) is 17.6 Å². The molecule has 0 saturated carbocycles. The molecule has 146 valence electrons. The molecule has 0 amide bonds. The Kier molecular flexibility index (Phi) is 5.88. The largest absolute Gasteiger partial charge is 0.268 e. The van der Waals surface area contributed by atoms with Gasteiger partial charge >= 0.3 is 0 Å². The van der Waals surface area contributed by atoms with Gasteiger partial charge in [-0.2, -0.15) is 0 Å². The zero-order valence-corrected chi connectivity index (χ0v) is 18.4. The number of benzene rings is 3. The number of nitrogens with zero attached hydrogens (tertiary/aromatic N) is 2. The van der Waals surface area contributed by atoms with Gasteiger partial charge in [-0.05, 0) is 55.0 Å². The van der Waals surface area contributed by atoms with E-state index in [0.717, 1.165) is 16.1 Å². The van der Waals surface area contributed by atoms with E-state index in [2.05, 4.69) is 0 Å². The van der Waals surface area contributed by atoms with Crippen LogP contribution in [0.3, 0.4) is 0 Å². The second kappa shape index (κ2) is 8.41. The van der Waals surface area contributed by atoms with Crippen molar-refractivity contribution in [3.05, 3.63) is 97.5 Å². The maximum atomic E-state index is 13.4. The third kappa shape index (κ3) is 4.03. The highest BCUT2D eigenvalue weighted by Crippen LogP contribution is 2.36. The number of thioether (sulfide) groups is 1. The van der Waals surface area contributed by atoms with Gasteiger partial charge < -0.3 is 0 Å². The Morgan fingerprint density at radius 3 is 2.41 bits per heavy atom. The maximum Gasteiger partial charge on any atom is 0.265 e. The van der Waals surface area contributed by atoms with Crippen LogP contribution in [-0.2, 0) is 5.75 Å². The number of halogens is 3. The van der Waals surface area contributed by atoms with E-state index >= 15 is 0 Å². The van der Waals surface area contributed by atoms with Gasteiger partial charge in [0, 0.05) is 9.92 Å². The fraction of sp³-hybridized carbons (Fsp3) is 0.0909. The third-order valence-electron chi connectivity index (χ3n) is 4.51. The molecule has 3 nitrogen and oxygen atoms in total. The molecule has 0 unspecified atom stereocenters. The van der Waals surface area contributed by atoms with E-state index in [9.17, 15) is 4.79 Å². The van der Waals surface area contributed by atoms with E-state index in [4.69, 9.17) is 39.8 Å². The predicted molar refractivity (Wildman–Crippen MR) is 123 cm³/mol. The summed E-state index contributed by atoms with van der Waals surface area (Å²) in [6.07, 6.45) is 0. The van der Waals surface area contributed by atoms with Crippen LogP contribution in [0.25, 0.3) is 16.6 Å². The van der Waals surface area contributed by atoms with Crippen molar-refractivity contribution in [3.8, 4) is 5.69 Å². The molecule has 0 radical (unpaired) electrons. The topological polar surface area (TPSA) is 34.9 Å². The Morgan fingerprint density at radius 1 is 0.966 bits per heavy atom. The highest BCUT2D eigenvalue weighted by molar-refractivity contribution is 7.98. The fourth-order valence-corrected chi connectivity index (χ4v) is 4.98. The molecule has 0 saturated heterocycles. The molecule has 0 aliphatic rings. The molecule has 0 fully saturated rings. The van der Waals surface area contributed by atoms with Crippen LogP contribution in [0.1, 0.15) is 11.4 Å². The summed E-state index contributed by atoms with van der Waals surface area (Å²) in [6.45, 7) is 1.92. The molecule has 0 bridgehead atoms. The summed E-state index contributed by atoms with van der Waals surface area (Å²) >= 11 is 20.2. The van der Waals surface area contributed by atoms with Crippen molar-refractivity contribution in [1.82, 2.24) is 9.55 Å². The molecule has 3 aromatic carbocycles. The van der Waals surface area contributed by atoms with Crippen LogP contribution in [0.4, 0.5) is 0 Å². The molecule has 0 aliphatic carbocycles. The Morgan fingerprint density at radius 2 is 1.69 bits per heavy atom. The van der Waals surface area contributed by atoms with Gasteiger partial charge in [0.05, 0.1) is 32.4 Å². The highest BCUT2D eigenvalue weighted by atomic mass is 35.5. The summed E-state index contributed by atoms with van der Waals surface area (Å²) in [6, 6.07) is 18.2. The number of para-hydroxylation sites is 1. The Hall–Kier alpha value is -1.98. The number of hydrogen-bond donors (Lipinski definition) is 0. The van der Waals surface area contributed by atoms with E-state index in [1.165, 1.54) is 11.8 Å². The Labute approximate surface area is 187 Å². The number of aryl methyl sites for hydroxylation is 1. The number of hydrogen-bond acceptors (Lipinski definition) is 3. The van der Waals surface area contributed by atoms with E-state index in [-0.39, 0.29) is 5.56 Å². The molecule has 4 aromatic rings. The zero-order valence-electron chi connectivity index (χ0n) is 15.3. The average Bonchev–Trinajstić information content (AvgIpc) is 2.69. The summed E-state index contributed by atoms with van der Waals surface area (Å²) in [4.78, 5) is 18.9. The number of rotatable bonds is 4. The normalized spacial score (nSPS) is 11.2. The first-order chi connectivity index (χ1) is 14.0. The quantitative estimate of drug-likeness (QED) is 0.308. The third-order valence-corrected chi connectivity index (χ3v) is 6.73. The van der Waals surface area contributed by atoms with E-state index in [0.29, 0.717) is 37.5 Å². The minimum atomic E-state index is -0.123. The second-order valence-corrected chi connectivity index (χ2v) is 8.69. The molecule has 0 spiro atoms. The summed E-state index contributed by atoms with van der Waals surface area (Å²) in [7, 11) is 0. The molecule has 0 N–H and O–H groups in total. The van der Waals surface area contributed by atoms with Crippen LogP contribution >= 0.6 is 46.6 Å². The first-order valence-corrected chi connectivity index (χ1v) is 10.9. The van der Waals surface area contributed by atoms with Crippen LogP contribution in [0.5, 0.6) is 0 Å². The van der Waals surface area contributed by atoms with E-state index in [1.807, 2.05) is 37.3 Å². The highest BCUT2D eigenvalue weighted by Gasteiger charge is 2.16. The smallest absolute Gasteiger partial charge is 0.265 e. The minimum absolute atomic E-state index is 0.123. The van der Waals surface area contributed by atoms with Gasteiger partial charge in [-0.25, -0.2) is 4.98 Å². The first-order valence-electron chi connectivity index (χ1n) is 8.79. The zero-order chi connectivity index (χ0) is 20.5. The summed E-state index contributed by atoms with van der Waals surface area (Å²) < 4.78 is 1.64. The second-order valence-electron chi connectivity index (χ2n) is 6.46. The standard InChI is InChI=1S/C22H15Cl3N2OS/c1-13-11-14(23)9-10-19(13)27-20(12-29-21-16(24)6-4-7-17(21)25)26-18-8-3-2-5-15(18)22(27)28/h2-11H,12H2,1H3. The Balaban J connectivity index is 1.89. The van der Waals surface area contributed by atoms with Crippen LogP contribution in [0, 0.1) is 6.92 Å². The van der Waals surface area contributed by atoms with Crippen LogP contribution in [0.2, 0.25) is 15.1 Å². The van der Waals surface area contributed by atoms with Crippen molar-refractivity contribution < 1.29 is 0 Å². The molecular formula is C22H15Cl3N2OS. The van der Waals surface area contributed by atoms with E-state index < -0.39 is 0 Å². The van der Waals surface area contributed by atoms with Crippen molar-refractivity contribution in [2.24, 2.45) is 0 Å². The minimum Gasteiger partial charge on any atom is -0.268 e. The van der Waals surface area contributed by atoms with Crippen LogP contribution in [-0.4, -0.2) is 9.55 Å². The predicted octanol–water partition coefficient (Wildman–Crippen LogP) is 6.95. The van der Waals surface area contributed by atoms with Crippen molar-refractivity contribution in [2.75, 3.05) is 0 Å². The monoisotopic (exact) mass is 460 g/mol. The lowest BCUT2D eigenvalue weighted by molar-refractivity contribution is 0.877. The average molecular weight is 462 g/mol. The molecular weight excluding hydrogens is 447 g/mol. The molecule has 4 rings (SSSR count). The molecule has 7 heteroatoms. The molecule has 1 aromatic heterocycles. The lowest BCUT2D eigenvalue weighted by Gasteiger charge is -2.16. The van der Waals surface area contributed by atoms with Gasteiger partial charge in [-0.1, -0.05) is 53.0 Å². The number of fused-ring (bicyclic) bond motifs is 1. The van der Waals surface area contributed by atoms with Crippen LogP contribution in [0.15, 0.2) is 70.4 Å². The summed E-state index contributed by atoms with van der Waals surface area (Å²) in [5.41, 5.74) is 2.17. The lowest BCUT2D eigenvalue weighted by Crippen LogP contribution is -2.24. The first kappa shape index (κ1) is 20.3. The van der Waals surface area contributed by atoms with Crippen molar-refractivity contribution >= 4 is 57.5 Å². The Bertz CT molecular complexity index is 1270. The van der Waals surface area contributed by atoms with E-state index in [1.54, 1.807) is 34.9 Å². The maximum absolute atomic E-state index is 13.4. The fourth-order valence-electron chi connectivity index (χ4n) is 3.15. The summed E-state index contributed by atoms with van der Waals surface area (Å²) in [5, 5.41) is 2.32. The van der Waals surface area contributed by atoms with Crippen molar-refractivity contribution in [3.63, 3.8) is 0 Å². The van der Waals surface area contributed by atoms with Crippen molar-refractivity contribution in [1.29, 1.82) is 0 Å². The van der Waals surface area contributed by atoms with Gasteiger partial charge in [0.2, 0.25) is 0 Å². The molecule has 29 heavy (non-hydrogen) atoms. The molecule has 1 heterocycles. The molecule has 0 atom stereocenters. The number of aromatic nitrogens is 2. The molecule has 0 aliphatic heterocycles. The van der Waals surface area contributed by atoms with Gasteiger partial charge in [-0.3, -0.25) is 9.36 Å². The summed E-state index contributed by atoms with van der Waals surface area (Å²) in [5.74, 6) is 1.03.